The third kappa shape index (κ3) is 2.10. The van der Waals surface area contributed by atoms with Crippen molar-refractivity contribution in [3.63, 3.8) is 0 Å². The van der Waals surface area contributed by atoms with Crippen molar-refractivity contribution in [2.24, 2.45) is 0 Å². The lowest BCUT2D eigenvalue weighted by Crippen LogP contribution is -2.13. The number of aryl methyl sites for hydroxylation is 2. The lowest BCUT2D eigenvalue weighted by Gasteiger charge is -2.06. The molecule has 3 rings (SSSR count). The number of fused-ring (bicyclic) bond motifs is 1. The Morgan fingerprint density at radius 1 is 1.35 bits per heavy atom. The van der Waals surface area contributed by atoms with E-state index in [0.29, 0.717) is 16.1 Å². The van der Waals surface area contributed by atoms with Crippen molar-refractivity contribution in [1.82, 2.24) is 0 Å². The average Bonchev–Trinajstić information content (AvgIpc) is 2.99. The molecule has 100 valence electrons. The molecule has 0 aliphatic heterocycles. The zero-order valence-electron chi connectivity index (χ0n) is 11.2. The highest BCUT2D eigenvalue weighted by Crippen LogP contribution is 2.38. The van der Waals surface area contributed by atoms with E-state index in [-0.39, 0.29) is 5.91 Å². The molecule has 0 saturated heterocycles. The molecular formula is C16H14N2OS. The number of hydrogen-bond donors (Lipinski definition) is 1. The number of thiophene rings is 1. The summed E-state index contributed by atoms with van der Waals surface area (Å²) in [6.07, 6.45) is 3.09. The summed E-state index contributed by atoms with van der Waals surface area (Å²) < 4.78 is 0. The topological polar surface area (TPSA) is 52.9 Å². The second-order valence-corrected chi connectivity index (χ2v) is 6.05. The maximum absolute atomic E-state index is 12.3. The van der Waals surface area contributed by atoms with Crippen LogP contribution in [0.25, 0.3) is 0 Å². The first-order valence-corrected chi connectivity index (χ1v) is 7.44. The van der Waals surface area contributed by atoms with Crippen molar-refractivity contribution >= 4 is 22.2 Å². The van der Waals surface area contributed by atoms with Crippen molar-refractivity contribution in [3.05, 3.63) is 51.4 Å². The summed E-state index contributed by atoms with van der Waals surface area (Å²) in [7, 11) is 0. The first kappa shape index (κ1) is 12.9. The number of amides is 1. The van der Waals surface area contributed by atoms with Crippen LogP contribution < -0.4 is 5.32 Å². The molecule has 1 heterocycles. The Kier molecular flexibility index (Phi) is 3.29. The fourth-order valence-corrected chi connectivity index (χ4v) is 3.84. The number of rotatable bonds is 2. The number of nitrogens with one attached hydrogen (secondary N) is 1. The van der Waals surface area contributed by atoms with Gasteiger partial charge in [-0.3, -0.25) is 4.79 Å². The Labute approximate surface area is 121 Å². The molecule has 1 amide bonds. The van der Waals surface area contributed by atoms with Gasteiger partial charge < -0.3 is 5.32 Å². The molecule has 0 fully saturated rings. The third-order valence-electron chi connectivity index (χ3n) is 3.65. The molecule has 1 aliphatic carbocycles. The highest BCUT2D eigenvalue weighted by molar-refractivity contribution is 7.16. The van der Waals surface area contributed by atoms with Gasteiger partial charge in [-0.25, -0.2) is 0 Å². The van der Waals surface area contributed by atoms with Crippen LogP contribution in [0.5, 0.6) is 0 Å². The maximum atomic E-state index is 12.3. The second kappa shape index (κ2) is 5.10. The predicted molar refractivity (Wildman–Crippen MR) is 80.2 cm³/mol. The van der Waals surface area contributed by atoms with E-state index < -0.39 is 0 Å². The van der Waals surface area contributed by atoms with E-state index in [2.05, 4.69) is 11.4 Å². The fourth-order valence-electron chi connectivity index (χ4n) is 2.61. The molecule has 4 heteroatoms. The summed E-state index contributed by atoms with van der Waals surface area (Å²) in [5.74, 6) is -0.139. The maximum Gasteiger partial charge on any atom is 0.256 e. The molecule has 0 unspecified atom stereocenters. The molecule has 3 nitrogen and oxygen atoms in total. The Morgan fingerprint density at radius 2 is 2.15 bits per heavy atom. The molecule has 0 bridgehead atoms. The number of benzene rings is 1. The van der Waals surface area contributed by atoms with Gasteiger partial charge in [-0.1, -0.05) is 18.2 Å². The Morgan fingerprint density at radius 3 is 2.90 bits per heavy atom. The van der Waals surface area contributed by atoms with E-state index in [9.17, 15) is 10.1 Å². The van der Waals surface area contributed by atoms with Gasteiger partial charge in [-0.15, -0.1) is 11.3 Å². The van der Waals surface area contributed by atoms with Crippen LogP contribution in [0, 0.1) is 18.3 Å². The van der Waals surface area contributed by atoms with Crippen molar-refractivity contribution in [1.29, 1.82) is 5.26 Å². The van der Waals surface area contributed by atoms with Gasteiger partial charge in [0.15, 0.2) is 0 Å². The van der Waals surface area contributed by atoms with Crippen LogP contribution in [-0.4, -0.2) is 5.91 Å². The fraction of sp³-hybridized carbons (Fsp3) is 0.250. The minimum atomic E-state index is -0.139. The summed E-state index contributed by atoms with van der Waals surface area (Å²) in [6, 6.07) is 9.72. The van der Waals surface area contributed by atoms with Gasteiger partial charge >= 0.3 is 0 Å². The molecule has 1 N–H and O–H groups in total. The normalized spacial score (nSPS) is 12.8. The highest BCUT2D eigenvalue weighted by Gasteiger charge is 2.23. The quantitative estimate of drug-likeness (QED) is 0.913. The first-order chi connectivity index (χ1) is 9.70. The number of carbonyl (C=O) groups is 1. The van der Waals surface area contributed by atoms with E-state index in [0.717, 1.165) is 30.4 Å². The standard InChI is InChI=1S/C16H14N2OS/c1-10-5-2-3-6-11(10)15(19)18-16-13(9-17)12-7-4-8-14(12)20-16/h2-3,5-6H,4,7-8H2,1H3,(H,18,19). The van der Waals surface area contributed by atoms with Gasteiger partial charge in [0, 0.05) is 10.4 Å². The minimum absolute atomic E-state index is 0.139. The van der Waals surface area contributed by atoms with E-state index in [1.54, 1.807) is 17.4 Å². The van der Waals surface area contributed by atoms with Crippen LogP contribution in [-0.2, 0) is 12.8 Å². The minimum Gasteiger partial charge on any atom is -0.312 e. The van der Waals surface area contributed by atoms with Gasteiger partial charge in [0.05, 0.1) is 5.56 Å². The van der Waals surface area contributed by atoms with Crippen LogP contribution in [0.3, 0.4) is 0 Å². The zero-order valence-corrected chi connectivity index (χ0v) is 12.0. The molecule has 0 atom stereocenters. The number of nitrogens with zero attached hydrogens (tertiary/aromatic N) is 1. The Bertz CT molecular complexity index is 725. The van der Waals surface area contributed by atoms with Crippen LogP contribution >= 0.6 is 11.3 Å². The third-order valence-corrected chi connectivity index (χ3v) is 4.86. The summed E-state index contributed by atoms with van der Waals surface area (Å²) in [4.78, 5) is 13.6. The smallest absolute Gasteiger partial charge is 0.256 e. The van der Waals surface area contributed by atoms with E-state index in [1.807, 2.05) is 25.1 Å². The number of hydrogen-bond acceptors (Lipinski definition) is 3. The van der Waals surface area contributed by atoms with Crippen LogP contribution in [0.4, 0.5) is 5.00 Å². The molecule has 20 heavy (non-hydrogen) atoms. The average molecular weight is 282 g/mol. The van der Waals surface area contributed by atoms with Gasteiger partial charge in [0.2, 0.25) is 0 Å². The highest BCUT2D eigenvalue weighted by atomic mass is 32.1. The van der Waals surface area contributed by atoms with Crippen LogP contribution in [0.1, 0.15) is 38.3 Å². The van der Waals surface area contributed by atoms with Gasteiger partial charge in [0.1, 0.15) is 11.1 Å². The predicted octanol–water partition coefficient (Wildman–Crippen LogP) is 3.67. The number of anilines is 1. The van der Waals surface area contributed by atoms with E-state index in [1.165, 1.54) is 4.88 Å². The SMILES string of the molecule is Cc1ccccc1C(=O)Nc1sc2c(c1C#N)CCC2. The van der Waals surface area contributed by atoms with Crippen molar-refractivity contribution in [2.45, 2.75) is 26.2 Å². The lowest BCUT2D eigenvalue weighted by molar-refractivity contribution is 0.102. The second-order valence-electron chi connectivity index (χ2n) is 4.94. The lowest BCUT2D eigenvalue weighted by atomic mass is 10.1. The molecule has 1 aromatic carbocycles. The molecule has 0 spiro atoms. The molecule has 0 radical (unpaired) electrons. The van der Waals surface area contributed by atoms with Crippen molar-refractivity contribution in [2.75, 3.05) is 5.32 Å². The molecule has 1 aliphatic rings. The van der Waals surface area contributed by atoms with E-state index >= 15 is 0 Å². The molecule has 2 aromatic rings. The Hall–Kier alpha value is -2.12. The van der Waals surface area contributed by atoms with Gasteiger partial charge in [-0.2, -0.15) is 5.26 Å². The van der Waals surface area contributed by atoms with Crippen molar-refractivity contribution in [3.8, 4) is 6.07 Å². The van der Waals surface area contributed by atoms with Crippen LogP contribution in [0.2, 0.25) is 0 Å². The molecule has 1 aromatic heterocycles. The molecule has 0 saturated carbocycles. The summed E-state index contributed by atoms with van der Waals surface area (Å²) in [5.41, 5.74) is 3.39. The number of carbonyl (C=O) groups excluding carboxylic acids is 1. The summed E-state index contributed by atoms with van der Waals surface area (Å²) in [5, 5.41) is 12.9. The summed E-state index contributed by atoms with van der Waals surface area (Å²) >= 11 is 1.55. The largest absolute Gasteiger partial charge is 0.312 e. The Balaban J connectivity index is 1.91. The van der Waals surface area contributed by atoms with Gasteiger partial charge in [0.25, 0.3) is 5.91 Å². The van der Waals surface area contributed by atoms with E-state index in [4.69, 9.17) is 0 Å². The first-order valence-electron chi connectivity index (χ1n) is 6.62. The number of nitriles is 1. The monoisotopic (exact) mass is 282 g/mol. The van der Waals surface area contributed by atoms with Gasteiger partial charge in [-0.05, 0) is 43.4 Å². The van der Waals surface area contributed by atoms with Crippen molar-refractivity contribution < 1.29 is 4.79 Å². The summed E-state index contributed by atoms with van der Waals surface area (Å²) in [6.45, 7) is 1.91. The molecular weight excluding hydrogens is 268 g/mol. The van der Waals surface area contributed by atoms with Crippen LogP contribution in [0.15, 0.2) is 24.3 Å². The zero-order chi connectivity index (χ0) is 14.1.